The summed E-state index contributed by atoms with van der Waals surface area (Å²) in [7, 11) is 0. The van der Waals surface area contributed by atoms with Crippen LogP contribution >= 0.6 is 0 Å². The van der Waals surface area contributed by atoms with Crippen molar-refractivity contribution in [2.75, 3.05) is 23.3 Å². The van der Waals surface area contributed by atoms with Crippen molar-refractivity contribution in [1.82, 2.24) is 19.5 Å². The number of carbonyl (C=O) groups excluding carboxylic acids is 1. The van der Waals surface area contributed by atoms with Crippen LogP contribution in [0.3, 0.4) is 0 Å². The van der Waals surface area contributed by atoms with E-state index in [9.17, 15) is 9.59 Å². The molecule has 9 nitrogen and oxygen atoms in total. The predicted octanol–water partition coefficient (Wildman–Crippen LogP) is 2.62. The molecule has 5 rings (SSSR count). The van der Waals surface area contributed by atoms with Gasteiger partial charge >= 0.3 is 5.63 Å². The van der Waals surface area contributed by atoms with Gasteiger partial charge in [-0.3, -0.25) is 9.36 Å². The van der Waals surface area contributed by atoms with Gasteiger partial charge in [-0.2, -0.15) is 0 Å². The van der Waals surface area contributed by atoms with Crippen molar-refractivity contribution >= 4 is 28.4 Å². The molecule has 4 aromatic rings. The zero-order valence-corrected chi connectivity index (χ0v) is 16.6. The highest BCUT2D eigenvalue weighted by molar-refractivity contribution is 5.94. The first-order valence-corrected chi connectivity index (χ1v) is 10.1. The van der Waals surface area contributed by atoms with E-state index in [2.05, 4.69) is 25.2 Å². The maximum absolute atomic E-state index is 12.8. The SMILES string of the molecule is O=C(Nc1cc2ccccc2oc1=O)C1CCN(c2cc(-n3ccnc3)ncn2)CC1. The smallest absolute Gasteiger partial charge is 0.360 e. The van der Waals surface area contributed by atoms with Gasteiger partial charge in [-0.15, -0.1) is 0 Å². The van der Waals surface area contributed by atoms with E-state index < -0.39 is 5.63 Å². The van der Waals surface area contributed by atoms with Gasteiger partial charge in [-0.25, -0.2) is 19.7 Å². The van der Waals surface area contributed by atoms with Crippen molar-refractivity contribution < 1.29 is 9.21 Å². The number of rotatable bonds is 4. The summed E-state index contributed by atoms with van der Waals surface area (Å²) < 4.78 is 7.12. The maximum Gasteiger partial charge on any atom is 0.360 e. The van der Waals surface area contributed by atoms with E-state index in [0.717, 1.165) is 17.0 Å². The fraction of sp³-hybridized carbons (Fsp3) is 0.227. The monoisotopic (exact) mass is 416 g/mol. The minimum absolute atomic E-state index is 0.163. The summed E-state index contributed by atoms with van der Waals surface area (Å²) in [5, 5.41) is 3.52. The second kappa shape index (κ2) is 8.02. The zero-order chi connectivity index (χ0) is 21.2. The Bertz CT molecular complexity index is 1280. The number of benzene rings is 1. The Morgan fingerprint density at radius 3 is 2.71 bits per heavy atom. The van der Waals surface area contributed by atoms with E-state index in [-0.39, 0.29) is 17.5 Å². The van der Waals surface area contributed by atoms with Crippen LogP contribution in [-0.4, -0.2) is 38.5 Å². The van der Waals surface area contributed by atoms with Crippen LogP contribution in [0.15, 0.2) is 70.7 Å². The third-order valence-electron chi connectivity index (χ3n) is 5.50. The number of imidazole rings is 1. The number of hydrogen-bond donors (Lipinski definition) is 1. The Morgan fingerprint density at radius 1 is 1.10 bits per heavy atom. The average molecular weight is 416 g/mol. The van der Waals surface area contributed by atoms with Crippen molar-refractivity contribution in [3.8, 4) is 5.82 Å². The molecular formula is C22H20N6O3. The molecule has 156 valence electrons. The van der Waals surface area contributed by atoms with Crippen molar-refractivity contribution in [3.05, 3.63) is 71.9 Å². The molecule has 4 heterocycles. The fourth-order valence-corrected chi connectivity index (χ4v) is 3.80. The predicted molar refractivity (Wildman–Crippen MR) is 115 cm³/mol. The van der Waals surface area contributed by atoms with Crippen molar-refractivity contribution in [2.45, 2.75) is 12.8 Å². The van der Waals surface area contributed by atoms with Gasteiger partial charge in [0.2, 0.25) is 5.91 Å². The molecule has 1 N–H and O–H groups in total. The van der Waals surface area contributed by atoms with Crippen molar-refractivity contribution in [1.29, 1.82) is 0 Å². The summed E-state index contributed by atoms with van der Waals surface area (Å²) in [4.78, 5) is 39.8. The first-order valence-electron chi connectivity index (χ1n) is 10.1. The molecule has 0 atom stereocenters. The molecule has 0 aliphatic carbocycles. The Balaban J connectivity index is 1.25. The number of fused-ring (bicyclic) bond motifs is 1. The molecule has 1 amide bonds. The lowest BCUT2D eigenvalue weighted by molar-refractivity contribution is -0.120. The van der Waals surface area contributed by atoms with Crippen LogP contribution in [0, 0.1) is 5.92 Å². The molecule has 1 aliphatic rings. The molecular weight excluding hydrogens is 396 g/mol. The van der Waals surface area contributed by atoms with Gasteiger partial charge in [0.1, 0.15) is 35.6 Å². The zero-order valence-electron chi connectivity index (χ0n) is 16.6. The molecule has 1 aromatic carbocycles. The van der Waals surface area contributed by atoms with E-state index in [4.69, 9.17) is 4.42 Å². The number of nitrogens with one attached hydrogen (secondary N) is 1. The van der Waals surface area contributed by atoms with E-state index >= 15 is 0 Å². The van der Waals surface area contributed by atoms with Crippen LogP contribution in [0.1, 0.15) is 12.8 Å². The van der Waals surface area contributed by atoms with E-state index in [0.29, 0.717) is 31.5 Å². The lowest BCUT2D eigenvalue weighted by atomic mass is 9.96. The summed E-state index contributed by atoms with van der Waals surface area (Å²) in [6.45, 7) is 1.37. The second-order valence-corrected chi connectivity index (χ2v) is 7.44. The van der Waals surface area contributed by atoms with Crippen LogP contribution < -0.4 is 15.8 Å². The maximum atomic E-state index is 12.8. The fourth-order valence-electron chi connectivity index (χ4n) is 3.80. The van der Waals surface area contributed by atoms with Gasteiger partial charge in [-0.05, 0) is 25.0 Å². The minimum atomic E-state index is -0.544. The minimum Gasteiger partial charge on any atom is -0.421 e. The summed E-state index contributed by atoms with van der Waals surface area (Å²) in [5.74, 6) is 1.21. The third kappa shape index (κ3) is 3.89. The van der Waals surface area contributed by atoms with Gasteiger partial charge < -0.3 is 14.6 Å². The van der Waals surface area contributed by atoms with E-state index in [1.165, 1.54) is 6.33 Å². The molecule has 0 radical (unpaired) electrons. The van der Waals surface area contributed by atoms with Crippen LogP contribution in [0.25, 0.3) is 16.8 Å². The highest BCUT2D eigenvalue weighted by atomic mass is 16.4. The molecule has 31 heavy (non-hydrogen) atoms. The number of carbonyl (C=O) groups is 1. The number of nitrogens with zero attached hydrogens (tertiary/aromatic N) is 5. The number of piperidine rings is 1. The molecule has 1 aliphatic heterocycles. The van der Waals surface area contributed by atoms with Crippen LogP contribution in [0.4, 0.5) is 11.5 Å². The quantitative estimate of drug-likeness (QED) is 0.510. The van der Waals surface area contributed by atoms with Gasteiger partial charge in [0.25, 0.3) is 0 Å². The largest absolute Gasteiger partial charge is 0.421 e. The van der Waals surface area contributed by atoms with Gasteiger partial charge in [-0.1, -0.05) is 18.2 Å². The Kier molecular flexibility index (Phi) is 4.91. The Hall–Kier alpha value is -4.01. The number of para-hydroxylation sites is 1. The summed E-state index contributed by atoms with van der Waals surface area (Å²) in [6.07, 6.45) is 8.06. The number of hydrogen-bond acceptors (Lipinski definition) is 7. The molecule has 0 saturated carbocycles. The molecule has 0 spiro atoms. The van der Waals surface area contributed by atoms with Crippen LogP contribution in [0.2, 0.25) is 0 Å². The second-order valence-electron chi connectivity index (χ2n) is 7.44. The molecule has 1 saturated heterocycles. The third-order valence-corrected chi connectivity index (χ3v) is 5.50. The molecule has 0 bridgehead atoms. The molecule has 9 heteroatoms. The van der Waals surface area contributed by atoms with Gasteiger partial charge in [0, 0.05) is 42.9 Å². The van der Waals surface area contributed by atoms with Gasteiger partial charge in [0.15, 0.2) is 0 Å². The average Bonchev–Trinajstić information content (AvgIpc) is 3.35. The first kappa shape index (κ1) is 19.0. The molecule has 1 fully saturated rings. The molecule has 0 unspecified atom stereocenters. The normalized spacial score (nSPS) is 14.6. The van der Waals surface area contributed by atoms with Crippen LogP contribution in [0.5, 0.6) is 0 Å². The summed E-state index contributed by atoms with van der Waals surface area (Å²) in [6, 6.07) is 10.8. The number of anilines is 2. The summed E-state index contributed by atoms with van der Waals surface area (Å²) >= 11 is 0. The highest BCUT2D eigenvalue weighted by Crippen LogP contribution is 2.24. The first-order chi connectivity index (χ1) is 15.2. The lowest BCUT2D eigenvalue weighted by Gasteiger charge is -2.32. The number of amides is 1. The molecule has 3 aromatic heterocycles. The topological polar surface area (TPSA) is 106 Å². The standard InChI is InChI=1S/C22H20N6O3/c29-21(26-17-11-16-3-1-2-4-18(16)31-22(17)30)15-5-8-27(9-6-15)19-12-20(25-13-24-19)28-10-7-23-14-28/h1-4,7,10-15H,5-6,8-9H2,(H,26,29). The lowest BCUT2D eigenvalue weighted by Crippen LogP contribution is -2.39. The number of aromatic nitrogens is 4. The Labute approximate surface area is 177 Å². The summed E-state index contributed by atoms with van der Waals surface area (Å²) in [5.41, 5.74) is 0.128. The van der Waals surface area contributed by atoms with E-state index in [1.54, 1.807) is 30.7 Å². The highest BCUT2D eigenvalue weighted by Gasteiger charge is 2.26. The van der Waals surface area contributed by atoms with Gasteiger partial charge in [0.05, 0.1) is 0 Å². The Morgan fingerprint density at radius 2 is 1.90 bits per heavy atom. The van der Waals surface area contributed by atoms with E-state index in [1.807, 2.05) is 29.0 Å². The van der Waals surface area contributed by atoms with Crippen molar-refractivity contribution in [3.63, 3.8) is 0 Å². The van der Waals surface area contributed by atoms with Crippen molar-refractivity contribution in [2.24, 2.45) is 5.92 Å². The van der Waals surface area contributed by atoms with Crippen LogP contribution in [-0.2, 0) is 4.79 Å².